The molecule has 1 unspecified atom stereocenters. The number of anilines is 1. The Morgan fingerprint density at radius 2 is 2.09 bits per heavy atom. The van der Waals surface area contributed by atoms with Crippen molar-refractivity contribution < 1.29 is 18.3 Å². The SMILES string of the molecule is OC(c1ncc[nH]1)C1CCN(c2nc(C(F)(F)F)cs2)CC1. The van der Waals surface area contributed by atoms with Gasteiger partial charge in [0.2, 0.25) is 0 Å². The molecule has 120 valence electrons. The van der Waals surface area contributed by atoms with Gasteiger partial charge in [-0.25, -0.2) is 9.97 Å². The van der Waals surface area contributed by atoms with Gasteiger partial charge in [0.1, 0.15) is 11.9 Å². The zero-order chi connectivity index (χ0) is 15.7. The lowest BCUT2D eigenvalue weighted by Gasteiger charge is -2.33. The summed E-state index contributed by atoms with van der Waals surface area (Å²) in [6, 6.07) is 0. The number of aliphatic hydroxyl groups is 1. The summed E-state index contributed by atoms with van der Waals surface area (Å²) in [6.07, 6.45) is -0.461. The molecular formula is C13H15F3N4OS. The fraction of sp³-hybridized carbons (Fsp3) is 0.538. The highest BCUT2D eigenvalue weighted by atomic mass is 32.1. The molecule has 3 rings (SSSR count). The van der Waals surface area contributed by atoms with Crippen molar-refractivity contribution in [2.24, 2.45) is 5.92 Å². The molecule has 0 saturated carbocycles. The van der Waals surface area contributed by atoms with Crippen LogP contribution in [0.25, 0.3) is 0 Å². The van der Waals surface area contributed by atoms with Crippen LogP contribution in [0, 0.1) is 5.92 Å². The second-order valence-corrected chi connectivity index (χ2v) is 6.09. The smallest absolute Gasteiger partial charge is 0.385 e. The highest BCUT2D eigenvalue weighted by molar-refractivity contribution is 7.13. The molecule has 2 aromatic rings. The summed E-state index contributed by atoms with van der Waals surface area (Å²) in [5.74, 6) is 0.580. The number of hydrogen-bond donors (Lipinski definition) is 2. The van der Waals surface area contributed by atoms with E-state index in [0.717, 1.165) is 16.7 Å². The number of piperidine rings is 1. The summed E-state index contributed by atoms with van der Waals surface area (Å²) in [5, 5.41) is 11.7. The number of thiazole rings is 1. The Hall–Kier alpha value is -1.61. The van der Waals surface area contributed by atoms with E-state index in [2.05, 4.69) is 15.0 Å². The third kappa shape index (κ3) is 3.09. The third-order valence-electron chi connectivity index (χ3n) is 3.84. The summed E-state index contributed by atoms with van der Waals surface area (Å²) in [5.41, 5.74) is -0.842. The molecule has 1 aliphatic rings. The molecule has 22 heavy (non-hydrogen) atoms. The lowest BCUT2D eigenvalue weighted by Crippen LogP contribution is -2.35. The van der Waals surface area contributed by atoms with Crippen LogP contribution in [-0.2, 0) is 6.18 Å². The lowest BCUT2D eigenvalue weighted by atomic mass is 9.91. The first kappa shape index (κ1) is 15.3. The molecule has 0 radical (unpaired) electrons. The van der Waals surface area contributed by atoms with Gasteiger partial charge in [0.05, 0.1) is 0 Å². The summed E-state index contributed by atoms with van der Waals surface area (Å²) >= 11 is 1.00. The average molecular weight is 332 g/mol. The minimum atomic E-state index is -4.40. The quantitative estimate of drug-likeness (QED) is 0.907. The second-order valence-electron chi connectivity index (χ2n) is 5.26. The number of alkyl halides is 3. The van der Waals surface area contributed by atoms with Crippen LogP contribution >= 0.6 is 11.3 Å². The number of nitrogens with zero attached hydrogens (tertiary/aromatic N) is 3. The molecule has 1 saturated heterocycles. The maximum atomic E-state index is 12.6. The summed E-state index contributed by atoms with van der Waals surface area (Å²) < 4.78 is 37.7. The molecule has 1 fully saturated rings. The topological polar surface area (TPSA) is 65.0 Å². The Kier molecular flexibility index (Phi) is 4.09. The van der Waals surface area contributed by atoms with Crippen molar-refractivity contribution in [1.29, 1.82) is 0 Å². The number of aromatic nitrogens is 3. The molecule has 3 heterocycles. The van der Waals surface area contributed by atoms with Gasteiger partial charge in [-0.05, 0) is 18.8 Å². The Bertz CT molecular complexity index is 605. The van der Waals surface area contributed by atoms with Crippen LogP contribution in [0.15, 0.2) is 17.8 Å². The Balaban J connectivity index is 1.61. The molecule has 0 aliphatic carbocycles. The largest absolute Gasteiger partial charge is 0.434 e. The standard InChI is InChI=1S/C13H15F3N4OS/c14-13(15,16)9-7-22-12(19-9)20-5-1-8(2-6-20)10(21)11-17-3-4-18-11/h3-4,7-8,10,21H,1-2,5-6H2,(H,17,18). The molecule has 0 bridgehead atoms. The highest BCUT2D eigenvalue weighted by Crippen LogP contribution is 2.35. The Labute approximate surface area is 128 Å². The molecule has 0 amide bonds. The number of nitrogens with one attached hydrogen (secondary N) is 1. The number of aromatic amines is 1. The van der Waals surface area contributed by atoms with Crippen LogP contribution in [-0.4, -0.2) is 33.1 Å². The van der Waals surface area contributed by atoms with Gasteiger partial charge in [-0.2, -0.15) is 13.2 Å². The van der Waals surface area contributed by atoms with E-state index in [0.29, 0.717) is 36.9 Å². The van der Waals surface area contributed by atoms with E-state index in [1.165, 1.54) is 0 Å². The maximum Gasteiger partial charge on any atom is 0.434 e. The van der Waals surface area contributed by atoms with Crippen LogP contribution in [0.3, 0.4) is 0 Å². The number of rotatable bonds is 3. The van der Waals surface area contributed by atoms with Crippen LogP contribution in [0.5, 0.6) is 0 Å². The van der Waals surface area contributed by atoms with E-state index >= 15 is 0 Å². The molecule has 1 aliphatic heterocycles. The molecule has 2 N–H and O–H groups in total. The number of H-pyrrole nitrogens is 1. The fourth-order valence-electron chi connectivity index (χ4n) is 2.61. The molecular weight excluding hydrogens is 317 g/mol. The van der Waals surface area contributed by atoms with Crippen LogP contribution in [0.4, 0.5) is 18.3 Å². The van der Waals surface area contributed by atoms with E-state index in [1.54, 1.807) is 12.4 Å². The molecule has 9 heteroatoms. The van der Waals surface area contributed by atoms with Crippen molar-refractivity contribution in [2.75, 3.05) is 18.0 Å². The molecule has 2 aromatic heterocycles. The Morgan fingerprint density at radius 1 is 1.36 bits per heavy atom. The van der Waals surface area contributed by atoms with Gasteiger partial charge in [-0.3, -0.25) is 0 Å². The Morgan fingerprint density at radius 3 is 2.64 bits per heavy atom. The van der Waals surface area contributed by atoms with Gasteiger partial charge in [0.15, 0.2) is 10.8 Å². The summed E-state index contributed by atoms with van der Waals surface area (Å²) in [4.78, 5) is 12.4. The third-order valence-corrected chi connectivity index (χ3v) is 4.74. The minimum Gasteiger partial charge on any atom is -0.385 e. The van der Waals surface area contributed by atoms with Gasteiger partial charge >= 0.3 is 6.18 Å². The fourth-order valence-corrected chi connectivity index (χ4v) is 3.49. The zero-order valence-corrected chi connectivity index (χ0v) is 12.4. The molecule has 0 aromatic carbocycles. The van der Waals surface area contributed by atoms with Gasteiger partial charge in [-0.15, -0.1) is 11.3 Å². The van der Waals surface area contributed by atoms with Crippen molar-refractivity contribution in [3.63, 3.8) is 0 Å². The summed E-state index contributed by atoms with van der Waals surface area (Å²) in [6.45, 7) is 1.15. The zero-order valence-electron chi connectivity index (χ0n) is 11.5. The second kappa shape index (κ2) is 5.88. The number of imidazole rings is 1. The van der Waals surface area contributed by atoms with Crippen molar-refractivity contribution in [2.45, 2.75) is 25.1 Å². The minimum absolute atomic E-state index is 0.0458. The number of hydrogen-bond acceptors (Lipinski definition) is 5. The first-order valence-electron chi connectivity index (χ1n) is 6.90. The van der Waals surface area contributed by atoms with Crippen molar-refractivity contribution in [1.82, 2.24) is 15.0 Å². The van der Waals surface area contributed by atoms with Crippen molar-refractivity contribution in [3.8, 4) is 0 Å². The average Bonchev–Trinajstić information content (AvgIpc) is 3.17. The normalized spacial score (nSPS) is 18.6. The lowest BCUT2D eigenvalue weighted by molar-refractivity contribution is -0.140. The van der Waals surface area contributed by atoms with Gasteiger partial charge in [-0.1, -0.05) is 0 Å². The van der Waals surface area contributed by atoms with Gasteiger partial charge < -0.3 is 15.0 Å². The number of aliphatic hydroxyl groups excluding tert-OH is 1. The monoisotopic (exact) mass is 332 g/mol. The van der Waals surface area contributed by atoms with E-state index in [4.69, 9.17) is 0 Å². The van der Waals surface area contributed by atoms with E-state index in [-0.39, 0.29) is 5.92 Å². The van der Waals surface area contributed by atoms with Crippen molar-refractivity contribution >= 4 is 16.5 Å². The molecule has 5 nitrogen and oxygen atoms in total. The van der Waals surface area contributed by atoms with Gasteiger partial charge in [0.25, 0.3) is 0 Å². The summed E-state index contributed by atoms with van der Waals surface area (Å²) in [7, 11) is 0. The van der Waals surface area contributed by atoms with Crippen molar-refractivity contribution in [3.05, 3.63) is 29.3 Å². The number of halogens is 3. The molecule has 0 spiro atoms. The first-order valence-corrected chi connectivity index (χ1v) is 7.78. The highest BCUT2D eigenvalue weighted by Gasteiger charge is 2.35. The predicted molar refractivity (Wildman–Crippen MR) is 75.6 cm³/mol. The molecule has 1 atom stereocenters. The maximum absolute atomic E-state index is 12.6. The van der Waals surface area contributed by atoms with Crippen LogP contribution in [0.2, 0.25) is 0 Å². The van der Waals surface area contributed by atoms with Gasteiger partial charge in [0, 0.05) is 30.9 Å². The van der Waals surface area contributed by atoms with E-state index in [1.807, 2.05) is 4.90 Å². The van der Waals surface area contributed by atoms with Crippen LogP contribution in [0.1, 0.15) is 30.5 Å². The van der Waals surface area contributed by atoms with E-state index in [9.17, 15) is 18.3 Å². The van der Waals surface area contributed by atoms with E-state index < -0.39 is 18.0 Å². The first-order chi connectivity index (χ1) is 10.4. The predicted octanol–water partition coefficient (Wildman–Crippen LogP) is 2.84. The van der Waals surface area contributed by atoms with Crippen LogP contribution < -0.4 is 4.90 Å².